The van der Waals surface area contributed by atoms with Crippen molar-refractivity contribution in [2.75, 3.05) is 7.05 Å². The smallest absolute Gasteiger partial charge is 0.117 e. The van der Waals surface area contributed by atoms with Crippen molar-refractivity contribution in [1.29, 1.82) is 5.26 Å². The van der Waals surface area contributed by atoms with Gasteiger partial charge in [-0.1, -0.05) is 6.92 Å². The maximum atomic E-state index is 8.64. The molecule has 0 fully saturated rings. The van der Waals surface area contributed by atoms with Gasteiger partial charge in [0.2, 0.25) is 0 Å². The van der Waals surface area contributed by atoms with Crippen molar-refractivity contribution >= 4 is 0 Å². The lowest BCUT2D eigenvalue weighted by molar-refractivity contribution is 0.213. The largest absolute Gasteiger partial charge is 0.468 e. The predicted octanol–water partition coefficient (Wildman–Crippen LogP) is 2.40. The van der Waals surface area contributed by atoms with Gasteiger partial charge in [-0.05, 0) is 25.6 Å². The first-order valence-corrected chi connectivity index (χ1v) is 4.87. The Bertz CT molecular complexity index is 287. The summed E-state index contributed by atoms with van der Waals surface area (Å²) in [4.78, 5) is 2.15. The molecule has 0 aromatic carbocycles. The van der Waals surface area contributed by atoms with Gasteiger partial charge in [0.05, 0.1) is 25.3 Å². The van der Waals surface area contributed by atoms with Gasteiger partial charge in [0.1, 0.15) is 5.76 Å². The van der Waals surface area contributed by atoms with E-state index in [4.69, 9.17) is 9.68 Å². The van der Waals surface area contributed by atoms with Gasteiger partial charge < -0.3 is 4.42 Å². The van der Waals surface area contributed by atoms with Crippen LogP contribution in [0.25, 0.3) is 0 Å². The number of nitriles is 1. The van der Waals surface area contributed by atoms with E-state index in [-0.39, 0.29) is 0 Å². The third-order valence-corrected chi connectivity index (χ3v) is 2.41. The molecule has 3 heteroatoms. The van der Waals surface area contributed by atoms with Crippen LogP contribution in [-0.2, 0) is 6.54 Å². The van der Waals surface area contributed by atoms with Gasteiger partial charge in [-0.2, -0.15) is 5.26 Å². The number of rotatable bonds is 5. The Morgan fingerprint density at radius 3 is 2.93 bits per heavy atom. The molecule has 0 radical (unpaired) electrons. The Morgan fingerprint density at radius 2 is 2.43 bits per heavy atom. The molecule has 1 rings (SSSR count). The Hall–Kier alpha value is -1.27. The van der Waals surface area contributed by atoms with Crippen LogP contribution >= 0.6 is 0 Å². The molecule has 0 aliphatic heterocycles. The molecule has 0 saturated heterocycles. The zero-order valence-electron chi connectivity index (χ0n) is 8.73. The summed E-state index contributed by atoms with van der Waals surface area (Å²) >= 11 is 0. The average Bonchev–Trinajstić information content (AvgIpc) is 2.66. The van der Waals surface area contributed by atoms with Crippen LogP contribution < -0.4 is 0 Å². The monoisotopic (exact) mass is 192 g/mol. The van der Waals surface area contributed by atoms with Gasteiger partial charge in [0.25, 0.3) is 0 Å². The highest BCUT2D eigenvalue weighted by Crippen LogP contribution is 2.11. The van der Waals surface area contributed by atoms with Crippen molar-refractivity contribution in [3.8, 4) is 6.07 Å². The fourth-order valence-corrected chi connectivity index (χ4v) is 1.49. The fourth-order valence-electron chi connectivity index (χ4n) is 1.49. The molecule has 76 valence electrons. The maximum Gasteiger partial charge on any atom is 0.117 e. The Balaban J connectivity index is 2.48. The minimum absolute atomic E-state index is 0.324. The van der Waals surface area contributed by atoms with Crippen molar-refractivity contribution in [2.45, 2.75) is 32.4 Å². The van der Waals surface area contributed by atoms with E-state index in [0.29, 0.717) is 12.5 Å². The molecule has 0 spiro atoms. The van der Waals surface area contributed by atoms with Crippen molar-refractivity contribution in [2.24, 2.45) is 0 Å². The molecule has 0 bridgehead atoms. The molecular weight excluding hydrogens is 176 g/mol. The van der Waals surface area contributed by atoms with Crippen LogP contribution in [0.15, 0.2) is 22.8 Å². The molecule has 3 nitrogen and oxygen atoms in total. The Morgan fingerprint density at radius 1 is 1.64 bits per heavy atom. The SMILES string of the molecule is CCC(CC#N)N(C)Cc1ccco1. The van der Waals surface area contributed by atoms with Gasteiger partial charge in [0, 0.05) is 6.04 Å². The summed E-state index contributed by atoms with van der Waals surface area (Å²) in [6, 6.07) is 6.37. The lowest BCUT2D eigenvalue weighted by Gasteiger charge is -2.23. The summed E-state index contributed by atoms with van der Waals surface area (Å²) in [7, 11) is 2.02. The first kappa shape index (κ1) is 10.8. The van der Waals surface area contributed by atoms with E-state index in [1.165, 1.54) is 0 Å². The fraction of sp³-hybridized carbons (Fsp3) is 0.545. The summed E-state index contributed by atoms with van der Waals surface area (Å²) in [5.74, 6) is 0.948. The molecule has 1 atom stereocenters. The highest BCUT2D eigenvalue weighted by atomic mass is 16.3. The summed E-state index contributed by atoms with van der Waals surface area (Å²) in [5, 5.41) is 8.64. The predicted molar refractivity (Wildman–Crippen MR) is 54.5 cm³/mol. The van der Waals surface area contributed by atoms with E-state index in [1.54, 1.807) is 6.26 Å². The van der Waals surface area contributed by atoms with Crippen LogP contribution in [0.3, 0.4) is 0 Å². The summed E-state index contributed by atoms with van der Waals surface area (Å²) in [6.07, 6.45) is 3.24. The molecule has 14 heavy (non-hydrogen) atoms. The number of hydrogen-bond donors (Lipinski definition) is 0. The van der Waals surface area contributed by atoms with E-state index < -0.39 is 0 Å². The van der Waals surface area contributed by atoms with Crippen LogP contribution in [0.2, 0.25) is 0 Å². The molecule has 0 saturated carbocycles. The van der Waals surface area contributed by atoms with Crippen LogP contribution in [0.5, 0.6) is 0 Å². The van der Waals surface area contributed by atoms with E-state index in [1.807, 2.05) is 19.2 Å². The van der Waals surface area contributed by atoms with Gasteiger partial charge in [0.15, 0.2) is 0 Å². The zero-order valence-corrected chi connectivity index (χ0v) is 8.73. The number of furan rings is 1. The Labute approximate surface area is 84.9 Å². The van der Waals surface area contributed by atoms with Gasteiger partial charge in [-0.3, -0.25) is 4.90 Å². The van der Waals surface area contributed by atoms with E-state index in [0.717, 1.165) is 18.7 Å². The molecule has 0 aliphatic carbocycles. The quantitative estimate of drug-likeness (QED) is 0.719. The maximum absolute atomic E-state index is 8.64. The third-order valence-electron chi connectivity index (χ3n) is 2.41. The lowest BCUT2D eigenvalue weighted by atomic mass is 10.1. The first-order valence-electron chi connectivity index (χ1n) is 4.87. The molecule has 1 heterocycles. The van der Waals surface area contributed by atoms with Crippen LogP contribution in [0, 0.1) is 11.3 Å². The molecule has 1 aromatic heterocycles. The first-order chi connectivity index (χ1) is 6.77. The normalized spacial score (nSPS) is 12.7. The summed E-state index contributed by atoms with van der Waals surface area (Å²) in [6.45, 7) is 2.87. The lowest BCUT2D eigenvalue weighted by Crippen LogP contribution is -2.30. The molecule has 1 unspecified atom stereocenters. The standard InChI is InChI=1S/C11H16N2O/c1-3-10(6-7-12)13(2)9-11-5-4-8-14-11/h4-5,8,10H,3,6,9H2,1-2H3. The van der Waals surface area contributed by atoms with Crippen LogP contribution in [0.4, 0.5) is 0 Å². The summed E-state index contributed by atoms with van der Waals surface area (Å²) < 4.78 is 5.25. The van der Waals surface area contributed by atoms with Crippen LogP contribution in [0.1, 0.15) is 25.5 Å². The zero-order chi connectivity index (χ0) is 10.4. The second-order valence-electron chi connectivity index (χ2n) is 3.42. The molecule has 0 aliphatic rings. The third kappa shape index (κ3) is 2.90. The van der Waals surface area contributed by atoms with E-state index in [2.05, 4.69) is 17.9 Å². The van der Waals surface area contributed by atoms with Crippen molar-refractivity contribution in [3.05, 3.63) is 24.2 Å². The molecular formula is C11H16N2O. The number of nitrogens with zero attached hydrogens (tertiary/aromatic N) is 2. The van der Waals surface area contributed by atoms with E-state index >= 15 is 0 Å². The second-order valence-corrected chi connectivity index (χ2v) is 3.42. The second kappa shape index (κ2) is 5.46. The van der Waals surface area contributed by atoms with E-state index in [9.17, 15) is 0 Å². The molecule has 0 amide bonds. The minimum Gasteiger partial charge on any atom is -0.468 e. The Kier molecular flexibility index (Phi) is 4.21. The average molecular weight is 192 g/mol. The highest BCUT2D eigenvalue weighted by molar-refractivity contribution is 4.98. The van der Waals surface area contributed by atoms with Gasteiger partial charge in [-0.25, -0.2) is 0 Å². The minimum atomic E-state index is 0.324. The van der Waals surface area contributed by atoms with Crippen molar-refractivity contribution < 1.29 is 4.42 Å². The highest BCUT2D eigenvalue weighted by Gasteiger charge is 2.13. The van der Waals surface area contributed by atoms with Crippen LogP contribution in [-0.4, -0.2) is 18.0 Å². The number of hydrogen-bond acceptors (Lipinski definition) is 3. The van der Waals surface area contributed by atoms with Crippen molar-refractivity contribution in [3.63, 3.8) is 0 Å². The topological polar surface area (TPSA) is 40.2 Å². The van der Waals surface area contributed by atoms with Gasteiger partial charge >= 0.3 is 0 Å². The van der Waals surface area contributed by atoms with Crippen molar-refractivity contribution in [1.82, 2.24) is 4.90 Å². The van der Waals surface area contributed by atoms with Gasteiger partial charge in [-0.15, -0.1) is 0 Å². The molecule has 0 N–H and O–H groups in total. The molecule has 1 aromatic rings. The summed E-state index contributed by atoms with van der Waals surface area (Å²) in [5.41, 5.74) is 0.